The average molecular weight is 306 g/mol. The van der Waals surface area contributed by atoms with Gasteiger partial charge in [-0.25, -0.2) is 8.78 Å². The van der Waals surface area contributed by atoms with E-state index in [4.69, 9.17) is 27.9 Å². The van der Waals surface area contributed by atoms with Crippen LogP contribution in [0.25, 0.3) is 0 Å². The topological polar surface area (TPSA) is 9.23 Å². The van der Waals surface area contributed by atoms with Crippen LogP contribution in [0.4, 0.5) is 8.78 Å². The van der Waals surface area contributed by atoms with Gasteiger partial charge in [-0.3, -0.25) is 0 Å². The predicted octanol–water partition coefficient (Wildman–Crippen LogP) is 4.40. The maximum atomic E-state index is 11.9. The van der Waals surface area contributed by atoms with Crippen LogP contribution in [0, 0.1) is 0 Å². The van der Waals surface area contributed by atoms with Gasteiger partial charge in [-0.2, -0.15) is 0 Å². The Hall–Kier alpha value is -0.0600. The predicted molar refractivity (Wildman–Crippen MR) is 55.7 cm³/mol. The molecular weight excluding hydrogens is 301 g/mol. The van der Waals surface area contributed by atoms with Gasteiger partial charge in [-0.1, -0.05) is 23.2 Å². The number of ether oxygens (including phenoxy) is 1. The number of hydrogen-bond acceptors (Lipinski definition) is 1. The summed E-state index contributed by atoms with van der Waals surface area (Å²) >= 11 is 14.5. The highest BCUT2D eigenvalue weighted by Crippen LogP contribution is 2.36. The molecule has 0 heterocycles. The quantitative estimate of drug-likeness (QED) is 0.804. The second kappa shape index (κ2) is 5.14. The monoisotopic (exact) mass is 304 g/mol. The Morgan fingerprint density at radius 1 is 1.36 bits per heavy atom. The fourth-order valence-electron chi connectivity index (χ4n) is 0.813. The van der Waals surface area contributed by atoms with Crippen LogP contribution in [0.1, 0.15) is 0 Å². The molecule has 1 rings (SSSR count). The van der Waals surface area contributed by atoms with Crippen molar-refractivity contribution in [2.75, 3.05) is 6.61 Å². The van der Waals surface area contributed by atoms with E-state index in [2.05, 4.69) is 15.9 Å². The Kier molecular flexibility index (Phi) is 4.41. The summed E-state index contributed by atoms with van der Waals surface area (Å²) in [6.45, 7) is -0.694. The lowest BCUT2D eigenvalue weighted by Crippen LogP contribution is -2.07. The first-order valence-corrected chi connectivity index (χ1v) is 5.11. The summed E-state index contributed by atoms with van der Waals surface area (Å²) in [6.07, 6.45) is -2.53. The molecule has 0 fully saturated rings. The van der Waals surface area contributed by atoms with E-state index in [0.29, 0.717) is 9.50 Å². The summed E-state index contributed by atoms with van der Waals surface area (Å²) in [4.78, 5) is 0. The van der Waals surface area contributed by atoms with Crippen molar-refractivity contribution in [3.63, 3.8) is 0 Å². The van der Waals surface area contributed by atoms with E-state index < -0.39 is 13.0 Å². The molecule has 0 spiro atoms. The lowest BCUT2D eigenvalue weighted by molar-refractivity contribution is 0.0816. The molecule has 0 aliphatic carbocycles. The minimum Gasteiger partial charge on any atom is -0.485 e. The standard InChI is InChI=1S/C8H5BrCl2F2O/c9-5-1-4(10)2-6(11)8(5)14-3-7(12)13/h1-2,7H,3H2. The lowest BCUT2D eigenvalue weighted by atomic mass is 10.3. The van der Waals surface area contributed by atoms with E-state index in [9.17, 15) is 8.78 Å². The van der Waals surface area contributed by atoms with Crippen molar-refractivity contribution in [3.05, 3.63) is 26.7 Å². The number of halogens is 5. The SMILES string of the molecule is FC(F)COc1c(Cl)cc(Cl)cc1Br. The molecule has 0 aliphatic heterocycles. The third kappa shape index (κ3) is 3.26. The van der Waals surface area contributed by atoms with Crippen LogP contribution in [0.2, 0.25) is 10.0 Å². The summed E-state index contributed by atoms with van der Waals surface area (Å²) in [6, 6.07) is 2.95. The maximum Gasteiger partial charge on any atom is 0.272 e. The molecule has 0 saturated carbocycles. The molecule has 0 bridgehead atoms. The van der Waals surface area contributed by atoms with E-state index in [-0.39, 0.29) is 10.8 Å². The van der Waals surface area contributed by atoms with Gasteiger partial charge in [-0.15, -0.1) is 0 Å². The van der Waals surface area contributed by atoms with E-state index in [1.807, 2.05) is 0 Å². The number of alkyl halides is 2. The zero-order valence-corrected chi connectivity index (χ0v) is 9.84. The molecular formula is C8H5BrCl2F2O. The van der Waals surface area contributed by atoms with Gasteiger partial charge in [0.25, 0.3) is 6.43 Å². The van der Waals surface area contributed by atoms with Crippen LogP contribution < -0.4 is 4.74 Å². The second-order valence-corrected chi connectivity index (χ2v) is 4.10. The van der Waals surface area contributed by atoms with Gasteiger partial charge in [0.1, 0.15) is 6.61 Å². The average Bonchev–Trinajstić information content (AvgIpc) is 2.01. The van der Waals surface area contributed by atoms with E-state index in [1.54, 1.807) is 0 Å². The third-order valence-corrected chi connectivity index (χ3v) is 2.40. The zero-order chi connectivity index (χ0) is 10.7. The van der Waals surface area contributed by atoms with Crippen molar-refractivity contribution in [3.8, 4) is 5.75 Å². The minimum absolute atomic E-state index is 0.177. The molecule has 0 saturated heterocycles. The molecule has 6 heteroatoms. The molecule has 0 aromatic heterocycles. The Morgan fingerprint density at radius 2 is 2.00 bits per heavy atom. The second-order valence-electron chi connectivity index (χ2n) is 2.40. The Bertz CT molecular complexity index is 310. The molecule has 14 heavy (non-hydrogen) atoms. The summed E-state index contributed by atoms with van der Waals surface area (Å²) < 4.78 is 29.0. The fraction of sp³-hybridized carbons (Fsp3) is 0.250. The van der Waals surface area contributed by atoms with Crippen molar-refractivity contribution in [2.45, 2.75) is 6.43 Å². The Balaban J connectivity index is 2.86. The van der Waals surface area contributed by atoms with E-state index in [0.717, 1.165) is 0 Å². The van der Waals surface area contributed by atoms with E-state index >= 15 is 0 Å². The van der Waals surface area contributed by atoms with Crippen LogP contribution in [0.15, 0.2) is 16.6 Å². The first-order valence-electron chi connectivity index (χ1n) is 3.56. The molecule has 0 atom stereocenters. The highest BCUT2D eigenvalue weighted by Gasteiger charge is 2.11. The first-order chi connectivity index (χ1) is 6.50. The maximum absolute atomic E-state index is 11.9. The van der Waals surface area contributed by atoms with Crippen LogP contribution >= 0.6 is 39.1 Å². The van der Waals surface area contributed by atoms with Crippen LogP contribution in [-0.4, -0.2) is 13.0 Å². The number of hydrogen-bond donors (Lipinski definition) is 0. The molecule has 0 N–H and O–H groups in total. The Morgan fingerprint density at radius 3 is 2.50 bits per heavy atom. The van der Waals surface area contributed by atoms with E-state index in [1.165, 1.54) is 12.1 Å². The van der Waals surface area contributed by atoms with Gasteiger partial charge in [-0.05, 0) is 28.1 Å². The highest BCUT2D eigenvalue weighted by atomic mass is 79.9. The first kappa shape index (κ1) is 12.0. The van der Waals surface area contributed by atoms with Gasteiger partial charge in [0, 0.05) is 5.02 Å². The van der Waals surface area contributed by atoms with Crippen LogP contribution in [0.5, 0.6) is 5.75 Å². The van der Waals surface area contributed by atoms with Crippen molar-refractivity contribution >= 4 is 39.1 Å². The highest BCUT2D eigenvalue weighted by molar-refractivity contribution is 9.10. The normalized spacial score (nSPS) is 10.7. The fourth-order valence-corrected chi connectivity index (χ4v) is 2.18. The molecule has 0 radical (unpaired) electrons. The van der Waals surface area contributed by atoms with Crippen molar-refractivity contribution in [1.82, 2.24) is 0 Å². The molecule has 0 unspecified atom stereocenters. The Labute approximate surface area is 98.1 Å². The van der Waals surface area contributed by atoms with Gasteiger partial charge >= 0.3 is 0 Å². The largest absolute Gasteiger partial charge is 0.485 e. The van der Waals surface area contributed by atoms with Crippen LogP contribution in [0.3, 0.4) is 0 Å². The molecule has 0 aliphatic rings. The van der Waals surface area contributed by atoms with Gasteiger partial charge in [0.2, 0.25) is 0 Å². The lowest BCUT2D eigenvalue weighted by Gasteiger charge is -2.09. The summed E-state index contributed by atoms with van der Waals surface area (Å²) in [5.41, 5.74) is 0. The van der Waals surface area contributed by atoms with Gasteiger partial charge < -0.3 is 4.74 Å². The van der Waals surface area contributed by atoms with Crippen LogP contribution in [-0.2, 0) is 0 Å². The molecule has 1 aromatic carbocycles. The zero-order valence-electron chi connectivity index (χ0n) is 6.74. The summed E-state index contributed by atoms with van der Waals surface area (Å²) in [5, 5.41) is 0.608. The molecule has 1 nitrogen and oxygen atoms in total. The van der Waals surface area contributed by atoms with Crippen molar-refractivity contribution < 1.29 is 13.5 Å². The van der Waals surface area contributed by atoms with Gasteiger partial charge in [0.05, 0.1) is 9.50 Å². The van der Waals surface area contributed by atoms with Gasteiger partial charge in [0.15, 0.2) is 5.75 Å². The minimum atomic E-state index is -2.53. The molecule has 0 amide bonds. The molecule has 1 aromatic rings. The summed E-state index contributed by atoms with van der Waals surface area (Å²) in [5.74, 6) is 0.177. The summed E-state index contributed by atoms with van der Waals surface area (Å²) in [7, 11) is 0. The third-order valence-electron chi connectivity index (χ3n) is 1.32. The number of benzene rings is 1. The smallest absolute Gasteiger partial charge is 0.272 e. The number of rotatable bonds is 3. The van der Waals surface area contributed by atoms with Crippen molar-refractivity contribution in [2.24, 2.45) is 0 Å². The van der Waals surface area contributed by atoms with Crippen molar-refractivity contribution in [1.29, 1.82) is 0 Å². The molecule has 78 valence electrons.